The molecule has 2 rings (SSSR count). The van der Waals surface area contributed by atoms with Crippen LogP contribution in [-0.4, -0.2) is 25.4 Å². The van der Waals surface area contributed by atoms with Gasteiger partial charge in [0.2, 0.25) is 0 Å². The minimum Gasteiger partial charge on any atom is -0.507 e. The number of aromatic hydroxyl groups is 1. The molecule has 0 aromatic heterocycles. The predicted octanol–water partition coefficient (Wildman–Crippen LogP) is 8.03. The number of hydrogen-bond donors (Lipinski definition) is 4. The van der Waals surface area contributed by atoms with E-state index in [1.165, 1.54) is 56.9 Å². The van der Waals surface area contributed by atoms with Crippen molar-refractivity contribution < 1.29 is 24.5 Å². The molecular formula is C29H53O5P. The third-order valence-electron chi connectivity index (χ3n) is 7.87. The molecule has 1 aromatic rings. The summed E-state index contributed by atoms with van der Waals surface area (Å²) >= 11 is 0. The molecule has 6 heteroatoms. The van der Waals surface area contributed by atoms with Crippen LogP contribution in [0.15, 0.2) is 0 Å². The average Bonchev–Trinajstić information content (AvgIpc) is 2.75. The molecule has 0 spiro atoms. The Kier molecular flexibility index (Phi) is 14.1. The maximum Gasteiger partial charge on any atom is 0.324 e. The van der Waals surface area contributed by atoms with Crippen LogP contribution < -0.4 is 4.74 Å². The van der Waals surface area contributed by atoms with Gasteiger partial charge in [0.25, 0.3) is 0 Å². The van der Waals surface area contributed by atoms with Gasteiger partial charge in [0.05, 0.1) is 0 Å². The second kappa shape index (κ2) is 15.4. The standard InChI is InChI=1S/C29H50O2.H3O3P/c1-20(2)12-9-13-21(3)14-10-15-22(4)16-11-18-29(8)19-17-26-25(7)27(30)23(5)24(6)28(26)31-29;1-4(2)3/h20-22,30H,9-19H2,1-8H3;1-3H/t21-,22-,29-;/m1./s1. The summed E-state index contributed by atoms with van der Waals surface area (Å²) in [7, 11) is -2.62. The van der Waals surface area contributed by atoms with Crippen LogP contribution in [0.4, 0.5) is 0 Å². The summed E-state index contributed by atoms with van der Waals surface area (Å²) in [5.74, 6) is 4.04. The monoisotopic (exact) mass is 512 g/mol. The molecule has 0 radical (unpaired) electrons. The van der Waals surface area contributed by atoms with Crippen LogP contribution in [-0.2, 0) is 6.42 Å². The second-order valence-corrected chi connectivity index (χ2v) is 12.2. The molecule has 35 heavy (non-hydrogen) atoms. The second-order valence-electron chi connectivity index (χ2n) is 11.7. The minimum absolute atomic E-state index is 0.0712. The van der Waals surface area contributed by atoms with Gasteiger partial charge < -0.3 is 24.5 Å². The van der Waals surface area contributed by atoms with E-state index in [4.69, 9.17) is 19.4 Å². The fourth-order valence-electron chi connectivity index (χ4n) is 5.27. The molecule has 0 saturated carbocycles. The molecule has 4 N–H and O–H groups in total. The Bertz CT molecular complexity index is 761. The Labute approximate surface area is 216 Å². The fourth-order valence-corrected chi connectivity index (χ4v) is 5.27. The Morgan fingerprint density at radius 3 is 1.80 bits per heavy atom. The van der Waals surface area contributed by atoms with Gasteiger partial charge in [-0.2, -0.15) is 0 Å². The van der Waals surface area contributed by atoms with E-state index in [9.17, 15) is 5.11 Å². The van der Waals surface area contributed by atoms with Crippen LogP contribution in [0.25, 0.3) is 0 Å². The lowest BCUT2D eigenvalue weighted by Crippen LogP contribution is -2.37. The highest BCUT2D eigenvalue weighted by Crippen LogP contribution is 2.44. The maximum absolute atomic E-state index is 10.4. The van der Waals surface area contributed by atoms with Gasteiger partial charge in [-0.05, 0) is 87.8 Å². The quantitative estimate of drug-likeness (QED) is 0.213. The van der Waals surface area contributed by atoms with Crippen molar-refractivity contribution in [3.8, 4) is 11.5 Å². The lowest BCUT2D eigenvalue weighted by Gasteiger charge is -2.38. The van der Waals surface area contributed by atoms with E-state index in [1.54, 1.807) is 0 Å². The highest BCUT2D eigenvalue weighted by molar-refractivity contribution is 7.38. The molecule has 1 aliphatic heterocycles. The van der Waals surface area contributed by atoms with Crippen molar-refractivity contribution in [1.29, 1.82) is 0 Å². The molecule has 204 valence electrons. The topological polar surface area (TPSA) is 90.2 Å². The number of phenolic OH excluding ortho intramolecular Hbond substituents is 1. The van der Waals surface area contributed by atoms with Crippen LogP contribution in [0.3, 0.4) is 0 Å². The van der Waals surface area contributed by atoms with Crippen LogP contribution in [0.5, 0.6) is 11.5 Å². The number of ether oxygens (including phenoxy) is 1. The first kappa shape index (κ1) is 32.2. The summed E-state index contributed by atoms with van der Waals surface area (Å²) < 4.78 is 6.60. The molecule has 5 nitrogen and oxygen atoms in total. The zero-order chi connectivity index (χ0) is 26.8. The normalized spacial score (nSPS) is 19.1. The van der Waals surface area contributed by atoms with Crippen LogP contribution >= 0.6 is 8.60 Å². The van der Waals surface area contributed by atoms with Crippen molar-refractivity contribution in [1.82, 2.24) is 0 Å². The molecule has 0 bridgehead atoms. The van der Waals surface area contributed by atoms with E-state index >= 15 is 0 Å². The van der Waals surface area contributed by atoms with Crippen LogP contribution in [0.2, 0.25) is 0 Å². The summed E-state index contributed by atoms with van der Waals surface area (Å²) in [6, 6.07) is 0. The molecule has 3 atom stereocenters. The summed E-state index contributed by atoms with van der Waals surface area (Å²) in [5, 5.41) is 10.4. The van der Waals surface area contributed by atoms with E-state index in [0.29, 0.717) is 5.75 Å². The molecule has 0 fully saturated rings. The molecule has 0 aliphatic carbocycles. The molecule has 1 aliphatic rings. The molecule has 0 saturated heterocycles. The first-order valence-electron chi connectivity index (χ1n) is 13.6. The average molecular weight is 513 g/mol. The van der Waals surface area contributed by atoms with E-state index < -0.39 is 8.60 Å². The first-order chi connectivity index (χ1) is 16.3. The van der Waals surface area contributed by atoms with Gasteiger partial charge in [-0.3, -0.25) is 0 Å². The SMILES string of the molecule is Cc1c(C)c2c(c(C)c1O)CC[C@@](C)(CCC[C@H](C)CCC[C@H](C)CCCC(C)C)O2.OP(O)O. The highest BCUT2D eigenvalue weighted by Gasteiger charge is 2.34. The van der Waals surface area contributed by atoms with Crippen LogP contribution in [0.1, 0.15) is 121 Å². The van der Waals surface area contributed by atoms with E-state index in [0.717, 1.165) is 59.5 Å². The van der Waals surface area contributed by atoms with Crippen molar-refractivity contribution >= 4 is 8.60 Å². The van der Waals surface area contributed by atoms with Gasteiger partial charge in [-0.25, -0.2) is 0 Å². The third-order valence-corrected chi connectivity index (χ3v) is 7.87. The van der Waals surface area contributed by atoms with Gasteiger partial charge in [0, 0.05) is 5.56 Å². The third kappa shape index (κ3) is 11.4. The van der Waals surface area contributed by atoms with Crippen molar-refractivity contribution in [2.45, 2.75) is 132 Å². The summed E-state index contributed by atoms with van der Waals surface area (Å²) in [5.41, 5.74) is 4.23. The molecule has 1 aromatic carbocycles. The van der Waals surface area contributed by atoms with Gasteiger partial charge in [-0.1, -0.05) is 72.6 Å². The predicted molar refractivity (Wildman–Crippen MR) is 148 cm³/mol. The largest absolute Gasteiger partial charge is 0.507 e. The van der Waals surface area contributed by atoms with E-state index in [1.807, 2.05) is 13.8 Å². The fraction of sp³-hybridized carbons (Fsp3) is 0.793. The first-order valence-corrected chi connectivity index (χ1v) is 14.8. The van der Waals surface area contributed by atoms with Crippen LogP contribution in [0, 0.1) is 38.5 Å². The van der Waals surface area contributed by atoms with Crippen molar-refractivity contribution in [3.05, 3.63) is 22.3 Å². The van der Waals surface area contributed by atoms with Gasteiger partial charge >= 0.3 is 8.60 Å². The summed E-state index contributed by atoms with van der Waals surface area (Å²) in [6.07, 6.45) is 14.1. The number of phenols is 1. The van der Waals surface area contributed by atoms with Crippen molar-refractivity contribution in [2.24, 2.45) is 17.8 Å². The smallest absolute Gasteiger partial charge is 0.324 e. The summed E-state index contributed by atoms with van der Waals surface area (Å²) in [4.78, 5) is 21.7. The lowest BCUT2D eigenvalue weighted by molar-refractivity contribution is 0.0511. The number of benzene rings is 1. The minimum atomic E-state index is -2.62. The van der Waals surface area contributed by atoms with Crippen molar-refractivity contribution in [2.75, 3.05) is 0 Å². The number of fused-ring (bicyclic) bond motifs is 1. The Morgan fingerprint density at radius 1 is 0.800 bits per heavy atom. The van der Waals surface area contributed by atoms with E-state index in [-0.39, 0.29) is 5.60 Å². The Hall–Kier alpha value is -0.870. The molecular weight excluding hydrogens is 459 g/mol. The molecule has 0 amide bonds. The molecule has 0 unspecified atom stereocenters. The lowest BCUT2D eigenvalue weighted by atomic mass is 9.84. The highest BCUT2D eigenvalue weighted by atomic mass is 31.2. The van der Waals surface area contributed by atoms with Gasteiger partial charge in [0.15, 0.2) is 0 Å². The molecule has 1 heterocycles. The van der Waals surface area contributed by atoms with Gasteiger partial charge in [0.1, 0.15) is 17.1 Å². The number of hydrogen-bond acceptors (Lipinski definition) is 5. The number of rotatable bonds is 12. The Balaban J connectivity index is 0.00000142. The van der Waals surface area contributed by atoms with Gasteiger partial charge in [-0.15, -0.1) is 0 Å². The van der Waals surface area contributed by atoms with Crippen molar-refractivity contribution in [3.63, 3.8) is 0 Å². The summed E-state index contributed by atoms with van der Waals surface area (Å²) in [6.45, 7) is 17.9. The Morgan fingerprint density at radius 2 is 1.29 bits per heavy atom. The zero-order valence-corrected chi connectivity index (χ0v) is 24.5. The van der Waals surface area contributed by atoms with E-state index in [2.05, 4.69) is 41.5 Å². The zero-order valence-electron chi connectivity index (χ0n) is 23.7. The maximum atomic E-state index is 10.4.